The number of rotatable bonds is 10. The van der Waals surface area contributed by atoms with Gasteiger partial charge in [-0.2, -0.15) is 0 Å². The largest absolute Gasteiger partial charge is 0.492 e. The molecule has 0 saturated carbocycles. The van der Waals surface area contributed by atoms with Crippen LogP contribution in [-0.2, 0) is 13.1 Å². The van der Waals surface area contributed by atoms with E-state index in [0.29, 0.717) is 13.1 Å². The van der Waals surface area contributed by atoms with Gasteiger partial charge in [0.15, 0.2) is 0 Å². The Balaban J connectivity index is 1.24. The first kappa shape index (κ1) is 21.9. The van der Waals surface area contributed by atoms with Crippen LogP contribution in [0.4, 0.5) is 0 Å². The molecule has 0 spiro atoms. The molecule has 2 heterocycles. The Labute approximate surface area is 185 Å². The molecule has 1 N–H and O–H groups in total. The van der Waals surface area contributed by atoms with Crippen molar-refractivity contribution >= 4 is 10.9 Å². The summed E-state index contributed by atoms with van der Waals surface area (Å²) in [6.07, 6.45) is 5.62. The zero-order valence-corrected chi connectivity index (χ0v) is 18.6. The number of likely N-dealkylation sites (N-methyl/N-ethyl adjacent to an activating group) is 1. The number of fused-ring (bicyclic) bond motifs is 1. The minimum Gasteiger partial charge on any atom is -0.492 e. The quantitative estimate of drug-likeness (QED) is 0.537. The van der Waals surface area contributed by atoms with Gasteiger partial charge in [0.2, 0.25) is 0 Å². The SMILES string of the molecule is CN(Cc1cccc(OCCN2CCCCC2)c1)C[C@H](O)Cn1ccc2ccccc21. The first-order valence-electron chi connectivity index (χ1n) is 11.5. The van der Waals surface area contributed by atoms with Gasteiger partial charge in [-0.05, 0) is 68.2 Å². The van der Waals surface area contributed by atoms with E-state index < -0.39 is 6.10 Å². The van der Waals surface area contributed by atoms with Crippen molar-refractivity contribution < 1.29 is 9.84 Å². The highest BCUT2D eigenvalue weighted by molar-refractivity contribution is 5.79. The van der Waals surface area contributed by atoms with E-state index in [-0.39, 0.29) is 0 Å². The van der Waals surface area contributed by atoms with Crippen LogP contribution in [-0.4, -0.2) is 65.4 Å². The predicted octanol–water partition coefficient (Wildman–Crippen LogP) is 4.00. The summed E-state index contributed by atoms with van der Waals surface area (Å²) in [5, 5.41) is 11.8. The van der Waals surface area contributed by atoms with Crippen molar-refractivity contribution in [1.29, 1.82) is 0 Å². The van der Waals surface area contributed by atoms with Crippen molar-refractivity contribution in [2.24, 2.45) is 0 Å². The normalized spacial score (nSPS) is 16.1. The average Bonchev–Trinajstić information content (AvgIpc) is 3.17. The van der Waals surface area contributed by atoms with Crippen LogP contribution in [0.1, 0.15) is 24.8 Å². The Hall–Kier alpha value is -2.34. The van der Waals surface area contributed by atoms with Gasteiger partial charge in [-0.25, -0.2) is 0 Å². The fraction of sp³-hybridized carbons (Fsp3) is 0.462. The van der Waals surface area contributed by atoms with Crippen LogP contribution in [0.3, 0.4) is 0 Å². The van der Waals surface area contributed by atoms with E-state index in [0.717, 1.165) is 25.4 Å². The number of aliphatic hydroxyl groups excluding tert-OH is 1. The topological polar surface area (TPSA) is 40.9 Å². The van der Waals surface area contributed by atoms with Gasteiger partial charge in [0, 0.05) is 37.9 Å². The zero-order chi connectivity index (χ0) is 21.5. The molecule has 5 nitrogen and oxygen atoms in total. The summed E-state index contributed by atoms with van der Waals surface area (Å²) >= 11 is 0. The van der Waals surface area contributed by atoms with Crippen molar-refractivity contribution in [1.82, 2.24) is 14.4 Å². The van der Waals surface area contributed by atoms with Crippen molar-refractivity contribution in [3.05, 3.63) is 66.4 Å². The smallest absolute Gasteiger partial charge is 0.119 e. The molecule has 1 atom stereocenters. The summed E-state index contributed by atoms with van der Waals surface area (Å²) in [6, 6.07) is 18.7. The van der Waals surface area contributed by atoms with Crippen LogP contribution < -0.4 is 4.74 Å². The molecule has 166 valence electrons. The molecule has 2 aromatic carbocycles. The number of likely N-dealkylation sites (tertiary alicyclic amines) is 1. The second-order valence-electron chi connectivity index (χ2n) is 8.78. The molecule has 1 aliphatic rings. The standard InChI is InChI=1S/C26H35N3O2/c1-27(20-24(30)21-29-15-12-23-9-3-4-11-26(23)29)19-22-8-7-10-25(18-22)31-17-16-28-13-5-2-6-14-28/h3-4,7-12,15,18,24,30H,2,5-6,13-14,16-17,19-21H2,1H3/t24-/m0/s1. The number of aliphatic hydroxyl groups is 1. The number of para-hydroxylation sites is 1. The second kappa shape index (κ2) is 10.8. The number of benzene rings is 2. The van der Waals surface area contributed by atoms with Gasteiger partial charge in [-0.3, -0.25) is 9.80 Å². The van der Waals surface area contributed by atoms with E-state index in [1.807, 2.05) is 18.2 Å². The summed E-state index contributed by atoms with van der Waals surface area (Å²) in [5.41, 5.74) is 2.37. The highest BCUT2D eigenvalue weighted by atomic mass is 16.5. The van der Waals surface area contributed by atoms with Crippen LogP contribution in [0, 0.1) is 0 Å². The highest BCUT2D eigenvalue weighted by Gasteiger charge is 2.12. The van der Waals surface area contributed by atoms with Gasteiger partial charge >= 0.3 is 0 Å². The lowest BCUT2D eigenvalue weighted by Crippen LogP contribution is -2.33. The molecular formula is C26H35N3O2. The van der Waals surface area contributed by atoms with Crippen LogP contribution >= 0.6 is 0 Å². The number of hydrogen-bond donors (Lipinski definition) is 1. The second-order valence-corrected chi connectivity index (χ2v) is 8.78. The predicted molar refractivity (Wildman–Crippen MR) is 127 cm³/mol. The Bertz CT molecular complexity index is 948. The summed E-state index contributed by atoms with van der Waals surface area (Å²) in [7, 11) is 2.06. The summed E-state index contributed by atoms with van der Waals surface area (Å²) in [5.74, 6) is 0.933. The zero-order valence-electron chi connectivity index (χ0n) is 18.6. The molecule has 0 aliphatic carbocycles. The van der Waals surface area contributed by atoms with E-state index in [4.69, 9.17) is 4.74 Å². The molecule has 3 aromatic rings. The van der Waals surface area contributed by atoms with E-state index in [1.54, 1.807) is 0 Å². The fourth-order valence-electron chi connectivity index (χ4n) is 4.53. The lowest BCUT2D eigenvalue weighted by Gasteiger charge is -2.26. The van der Waals surface area contributed by atoms with Crippen molar-refractivity contribution in [3.63, 3.8) is 0 Å². The maximum Gasteiger partial charge on any atom is 0.119 e. The van der Waals surface area contributed by atoms with Gasteiger partial charge in [-0.1, -0.05) is 36.8 Å². The lowest BCUT2D eigenvalue weighted by molar-refractivity contribution is 0.108. The number of ether oxygens (including phenoxy) is 1. The van der Waals surface area contributed by atoms with Gasteiger partial charge in [0.1, 0.15) is 12.4 Å². The number of hydrogen-bond acceptors (Lipinski definition) is 4. The van der Waals surface area contributed by atoms with Crippen molar-refractivity contribution in [3.8, 4) is 5.75 Å². The minimum atomic E-state index is -0.426. The first-order valence-corrected chi connectivity index (χ1v) is 11.5. The molecule has 0 amide bonds. The average molecular weight is 422 g/mol. The van der Waals surface area contributed by atoms with Crippen LogP contribution in [0.25, 0.3) is 10.9 Å². The van der Waals surface area contributed by atoms with E-state index in [9.17, 15) is 5.11 Å². The van der Waals surface area contributed by atoms with Crippen LogP contribution in [0.15, 0.2) is 60.8 Å². The molecule has 0 unspecified atom stereocenters. The molecule has 4 rings (SSSR count). The molecule has 0 bridgehead atoms. The van der Waals surface area contributed by atoms with Gasteiger partial charge in [0.25, 0.3) is 0 Å². The lowest BCUT2D eigenvalue weighted by atomic mass is 10.1. The Morgan fingerprint density at radius 3 is 2.74 bits per heavy atom. The maximum absolute atomic E-state index is 10.6. The fourth-order valence-corrected chi connectivity index (χ4v) is 4.53. The molecule has 5 heteroatoms. The summed E-state index contributed by atoms with van der Waals surface area (Å²) < 4.78 is 8.14. The summed E-state index contributed by atoms with van der Waals surface area (Å²) in [4.78, 5) is 4.67. The minimum absolute atomic E-state index is 0.426. The number of aromatic nitrogens is 1. The third-order valence-electron chi connectivity index (χ3n) is 6.09. The summed E-state index contributed by atoms with van der Waals surface area (Å²) in [6.45, 7) is 6.15. The van der Waals surface area contributed by atoms with E-state index in [2.05, 4.69) is 64.0 Å². The number of piperidine rings is 1. The Morgan fingerprint density at radius 2 is 1.87 bits per heavy atom. The van der Waals surface area contributed by atoms with Crippen molar-refractivity contribution in [2.45, 2.75) is 38.5 Å². The Kier molecular flexibility index (Phi) is 7.62. The maximum atomic E-state index is 10.6. The Morgan fingerprint density at radius 1 is 1.03 bits per heavy atom. The molecular weight excluding hydrogens is 386 g/mol. The van der Waals surface area contributed by atoms with Crippen LogP contribution in [0.2, 0.25) is 0 Å². The third kappa shape index (κ3) is 6.33. The molecule has 1 saturated heterocycles. The molecule has 0 radical (unpaired) electrons. The molecule has 1 fully saturated rings. The molecule has 31 heavy (non-hydrogen) atoms. The van der Waals surface area contributed by atoms with Gasteiger partial charge < -0.3 is 14.4 Å². The van der Waals surface area contributed by atoms with Gasteiger partial charge in [-0.15, -0.1) is 0 Å². The highest BCUT2D eigenvalue weighted by Crippen LogP contribution is 2.17. The molecule has 1 aliphatic heterocycles. The van der Waals surface area contributed by atoms with E-state index >= 15 is 0 Å². The first-order chi connectivity index (χ1) is 15.2. The number of nitrogens with zero attached hydrogens (tertiary/aromatic N) is 3. The van der Waals surface area contributed by atoms with Gasteiger partial charge in [0.05, 0.1) is 6.10 Å². The van der Waals surface area contributed by atoms with Crippen molar-refractivity contribution in [2.75, 3.05) is 39.8 Å². The monoisotopic (exact) mass is 421 g/mol. The van der Waals surface area contributed by atoms with Crippen LogP contribution in [0.5, 0.6) is 5.75 Å². The molecule has 1 aromatic heterocycles. The van der Waals surface area contributed by atoms with E-state index in [1.165, 1.54) is 48.8 Å². The third-order valence-corrected chi connectivity index (χ3v) is 6.09.